The topological polar surface area (TPSA) is 79.9 Å². The third kappa shape index (κ3) is 5.29. The van der Waals surface area contributed by atoms with Crippen LogP contribution in [0.4, 0.5) is 9.59 Å². The molecule has 1 aliphatic carbocycles. The normalized spacial score (nSPS) is 30.5. The van der Waals surface area contributed by atoms with E-state index in [9.17, 15) is 9.59 Å². The van der Waals surface area contributed by atoms with Crippen LogP contribution in [-0.2, 0) is 9.47 Å². The van der Waals surface area contributed by atoms with Gasteiger partial charge in [0.25, 0.3) is 0 Å². The van der Waals surface area contributed by atoms with E-state index in [-0.39, 0.29) is 31.6 Å². The molecule has 7 heteroatoms. The van der Waals surface area contributed by atoms with Gasteiger partial charge in [-0.15, -0.1) is 0 Å². The molecule has 1 aromatic carbocycles. The fraction of sp³-hybridized carbons (Fsp3) is 0.692. The van der Waals surface area contributed by atoms with E-state index in [2.05, 4.69) is 47.9 Å². The molecule has 0 aromatic heterocycles. The van der Waals surface area contributed by atoms with Crippen molar-refractivity contribution in [3.8, 4) is 0 Å². The summed E-state index contributed by atoms with van der Waals surface area (Å²) in [7, 11) is 0. The molecule has 33 heavy (non-hydrogen) atoms. The first-order chi connectivity index (χ1) is 16.1. The van der Waals surface area contributed by atoms with Crippen molar-refractivity contribution in [2.45, 2.75) is 82.4 Å². The Morgan fingerprint density at radius 1 is 1.27 bits per heavy atom. The summed E-state index contributed by atoms with van der Waals surface area (Å²) < 4.78 is 11.8. The van der Waals surface area contributed by atoms with Crippen molar-refractivity contribution in [2.24, 2.45) is 5.92 Å². The number of alkyl carbamates (subject to hydrolysis) is 1. The standard InChI is InChI=1S/C26H39N3O4.H2/c1-3-19(17-32-22-13-11-21(12-14-22)20-9-6-5-7-10-20)23-26(18-33-25(31)28-26)15-8-16-29(23)24(30)27-4-2;/h5-7,9-10,19,21-23H,3-4,8,11-18H2,1-2H3,(H,27,30)(H,28,31);1H/t19-,21?,22?,23+,26-;/m1./s1. The molecular weight excluding hydrogens is 418 g/mol. The second kappa shape index (κ2) is 10.8. The van der Waals surface area contributed by atoms with E-state index in [0.717, 1.165) is 44.9 Å². The number of nitrogens with one attached hydrogen (secondary N) is 2. The van der Waals surface area contributed by atoms with Crippen LogP contribution in [0, 0.1) is 5.92 Å². The van der Waals surface area contributed by atoms with Crippen LogP contribution in [0.2, 0.25) is 0 Å². The molecule has 2 saturated heterocycles. The third-order valence-electron chi connectivity index (χ3n) is 7.79. The maximum absolute atomic E-state index is 12.9. The molecular formula is C26H41N3O4. The summed E-state index contributed by atoms with van der Waals surface area (Å²) in [6.45, 7) is 6.25. The number of rotatable bonds is 7. The highest BCUT2D eigenvalue weighted by Crippen LogP contribution is 2.38. The van der Waals surface area contributed by atoms with Crippen LogP contribution < -0.4 is 10.6 Å². The monoisotopic (exact) mass is 459 g/mol. The Bertz CT molecular complexity index is 802. The van der Waals surface area contributed by atoms with E-state index < -0.39 is 5.54 Å². The lowest BCUT2D eigenvalue weighted by Crippen LogP contribution is -2.68. The Kier molecular flexibility index (Phi) is 7.78. The number of cyclic esters (lactones) is 1. The predicted molar refractivity (Wildman–Crippen MR) is 129 cm³/mol. The highest BCUT2D eigenvalue weighted by molar-refractivity contribution is 5.76. The Balaban J connectivity index is 0.00000324. The van der Waals surface area contributed by atoms with Gasteiger partial charge in [-0.1, -0.05) is 37.3 Å². The van der Waals surface area contributed by atoms with Gasteiger partial charge in [-0.2, -0.15) is 0 Å². The zero-order valence-electron chi connectivity index (χ0n) is 20.1. The van der Waals surface area contributed by atoms with Gasteiger partial charge in [-0.05, 0) is 63.4 Å². The van der Waals surface area contributed by atoms with E-state index in [1.54, 1.807) is 0 Å². The molecule has 0 unspecified atom stereocenters. The minimum absolute atomic E-state index is 0. The molecule has 2 heterocycles. The summed E-state index contributed by atoms with van der Waals surface area (Å²) in [5.74, 6) is 0.746. The first-order valence-electron chi connectivity index (χ1n) is 12.7. The summed E-state index contributed by atoms with van der Waals surface area (Å²) in [6, 6.07) is 10.6. The van der Waals surface area contributed by atoms with E-state index in [1.165, 1.54) is 5.56 Å². The highest BCUT2D eigenvalue weighted by Gasteiger charge is 2.54. The summed E-state index contributed by atoms with van der Waals surface area (Å²) in [4.78, 5) is 26.9. The van der Waals surface area contributed by atoms with E-state index in [1.807, 2.05) is 11.8 Å². The quantitative estimate of drug-likeness (QED) is 0.621. The van der Waals surface area contributed by atoms with Gasteiger partial charge in [0.15, 0.2) is 0 Å². The van der Waals surface area contributed by atoms with Gasteiger partial charge >= 0.3 is 12.1 Å². The van der Waals surface area contributed by atoms with Crippen LogP contribution in [0.15, 0.2) is 30.3 Å². The van der Waals surface area contributed by atoms with Gasteiger partial charge in [-0.25, -0.2) is 9.59 Å². The Hall–Kier alpha value is -2.28. The Morgan fingerprint density at radius 2 is 2.03 bits per heavy atom. The Labute approximate surface area is 199 Å². The van der Waals surface area contributed by atoms with Gasteiger partial charge in [0, 0.05) is 20.4 Å². The van der Waals surface area contributed by atoms with Crippen molar-refractivity contribution in [1.82, 2.24) is 15.5 Å². The zero-order chi connectivity index (χ0) is 23.3. The number of amides is 3. The molecule has 2 aliphatic heterocycles. The number of carbonyl (C=O) groups is 2. The van der Waals surface area contributed by atoms with E-state index >= 15 is 0 Å². The second-order valence-electron chi connectivity index (χ2n) is 9.82. The molecule has 0 radical (unpaired) electrons. The lowest BCUT2D eigenvalue weighted by atomic mass is 9.75. The van der Waals surface area contributed by atoms with Crippen molar-refractivity contribution in [3.63, 3.8) is 0 Å². The van der Waals surface area contributed by atoms with Gasteiger partial charge in [0.1, 0.15) is 6.61 Å². The number of carbonyl (C=O) groups excluding carboxylic acids is 2. The summed E-state index contributed by atoms with van der Waals surface area (Å²) in [5.41, 5.74) is 0.899. The summed E-state index contributed by atoms with van der Waals surface area (Å²) in [5, 5.41) is 6.04. The molecule has 3 fully saturated rings. The van der Waals surface area contributed by atoms with Crippen LogP contribution in [0.3, 0.4) is 0 Å². The third-order valence-corrected chi connectivity index (χ3v) is 7.79. The van der Waals surface area contributed by atoms with Gasteiger partial charge in [-0.3, -0.25) is 0 Å². The smallest absolute Gasteiger partial charge is 0.407 e. The zero-order valence-corrected chi connectivity index (χ0v) is 20.1. The lowest BCUT2D eigenvalue weighted by Gasteiger charge is -2.50. The molecule has 1 spiro atoms. The predicted octanol–water partition coefficient (Wildman–Crippen LogP) is 4.67. The highest BCUT2D eigenvalue weighted by atomic mass is 16.6. The maximum atomic E-state index is 12.9. The number of ether oxygens (including phenoxy) is 2. The molecule has 4 rings (SSSR count). The van der Waals surface area contributed by atoms with Crippen molar-refractivity contribution < 1.29 is 20.5 Å². The molecule has 1 aromatic rings. The number of urea groups is 1. The van der Waals surface area contributed by atoms with Gasteiger partial charge in [0.2, 0.25) is 0 Å². The fourth-order valence-corrected chi connectivity index (χ4v) is 6.08. The molecule has 2 N–H and O–H groups in total. The number of benzene rings is 1. The molecule has 3 amide bonds. The number of hydrogen-bond donors (Lipinski definition) is 2. The molecule has 1 saturated carbocycles. The second-order valence-corrected chi connectivity index (χ2v) is 9.82. The average molecular weight is 460 g/mol. The maximum Gasteiger partial charge on any atom is 0.407 e. The van der Waals surface area contributed by atoms with Crippen molar-refractivity contribution in [3.05, 3.63) is 35.9 Å². The molecule has 3 aliphatic rings. The molecule has 184 valence electrons. The van der Waals surface area contributed by atoms with Crippen molar-refractivity contribution in [1.29, 1.82) is 0 Å². The minimum atomic E-state index is -0.532. The molecule has 7 nitrogen and oxygen atoms in total. The van der Waals surface area contributed by atoms with Crippen LogP contribution in [0.1, 0.15) is 71.7 Å². The van der Waals surface area contributed by atoms with Gasteiger partial charge in [0.05, 0.1) is 24.3 Å². The summed E-state index contributed by atoms with van der Waals surface area (Å²) in [6.07, 6.45) is 6.82. The van der Waals surface area contributed by atoms with Crippen LogP contribution >= 0.6 is 0 Å². The summed E-state index contributed by atoms with van der Waals surface area (Å²) >= 11 is 0. The SMILES string of the molecule is CCNC(=O)N1CCC[C@@]2(COC(=O)N2)[C@@H]1[C@H](CC)COC1CCC(c2ccccc2)CC1.[HH]. The average Bonchev–Trinajstić information content (AvgIpc) is 3.21. The number of nitrogens with zero attached hydrogens (tertiary/aromatic N) is 1. The minimum Gasteiger partial charge on any atom is -0.447 e. The van der Waals surface area contributed by atoms with Crippen LogP contribution in [0.5, 0.6) is 0 Å². The van der Waals surface area contributed by atoms with E-state index in [0.29, 0.717) is 32.2 Å². The van der Waals surface area contributed by atoms with E-state index in [4.69, 9.17) is 9.47 Å². The van der Waals surface area contributed by atoms with Gasteiger partial charge < -0.3 is 25.0 Å². The number of piperidine rings is 1. The first kappa shape index (κ1) is 23.9. The number of likely N-dealkylation sites (tertiary alicyclic amines) is 1. The van der Waals surface area contributed by atoms with Crippen LogP contribution in [0.25, 0.3) is 0 Å². The first-order valence-corrected chi connectivity index (χ1v) is 12.7. The largest absolute Gasteiger partial charge is 0.447 e. The fourth-order valence-electron chi connectivity index (χ4n) is 6.08. The van der Waals surface area contributed by atoms with Crippen molar-refractivity contribution >= 4 is 12.1 Å². The lowest BCUT2D eigenvalue weighted by molar-refractivity contribution is -0.0375. The molecule has 3 atom stereocenters. The molecule has 0 bridgehead atoms. The van der Waals surface area contributed by atoms with Crippen molar-refractivity contribution in [2.75, 3.05) is 26.3 Å². The van der Waals surface area contributed by atoms with Crippen LogP contribution in [-0.4, -0.2) is 61.0 Å². The number of hydrogen-bond acceptors (Lipinski definition) is 4. The Morgan fingerprint density at radius 3 is 2.67 bits per heavy atom.